The summed E-state index contributed by atoms with van der Waals surface area (Å²) >= 11 is 0. The van der Waals surface area contributed by atoms with E-state index in [1.165, 1.54) is 0 Å². The monoisotopic (exact) mass is 251 g/mol. The Hall–Kier alpha value is -1.33. The van der Waals surface area contributed by atoms with Crippen molar-refractivity contribution >= 4 is 5.69 Å². The minimum atomic E-state index is -2.13. The average molecular weight is 251 g/mol. The van der Waals surface area contributed by atoms with Gasteiger partial charge in [0.25, 0.3) is 0 Å². The van der Waals surface area contributed by atoms with Crippen molar-refractivity contribution in [2.75, 3.05) is 5.32 Å². The second-order valence-electron chi connectivity index (χ2n) is 4.36. The number of benzene rings is 1. The minimum absolute atomic E-state index is 0.238. The van der Waals surface area contributed by atoms with E-state index in [4.69, 9.17) is 0 Å². The van der Waals surface area contributed by atoms with E-state index in [1.807, 2.05) is 6.92 Å². The molecule has 0 aliphatic heterocycles. The first-order valence-electron chi connectivity index (χ1n) is 5.19. The molecule has 1 aromatic carbocycles. The molecule has 6 heteroatoms. The van der Waals surface area contributed by atoms with Gasteiger partial charge in [0.05, 0.1) is 0 Å². The molecule has 0 radical (unpaired) electrons. The SMILES string of the molecule is CC1CC(Nc2c(F)c(F)c(F)c(F)c2F)C1. The molecule has 0 spiro atoms. The maximum absolute atomic E-state index is 13.2. The maximum atomic E-state index is 13.2. The standard InChI is InChI=1S/C11H10F5N/c1-4-2-5(3-4)17-11-9(15)7(13)6(12)8(14)10(11)16/h4-5,17H,2-3H2,1H3. The third kappa shape index (κ3) is 1.96. The normalized spacial score (nSPS) is 23.4. The van der Waals surface area contributed by atoms with Gasteiger partial charge in [0, 0.05) is 6.04 Å². The van der Waals surface area contributed by atoms with E-state index in [2.05, 4.69) is 5.32 Å². The highest BCUT2D eigenvalue weighted by Gasteiger charge is 2.30. The number of nitrogens with one attached hydrogen (secondary N) is 1. The predicted molar refractivity (Wildman–Crippen MR) is 52.0 cm³/mol. The fourth-order valence-corrected chi connectivity index (χ4v) is 1.96. The first-order chi connectivity index (χ1) is 7.91. The van der Waals surface area contributed by atoms with Crippen LogP contribution >= 0.6 is 0 Å². The molecule has 1 N–H and O–H groups in total. The Balaban J connectivity index is 2.33. The van der Waals surface area contributed by atoms with Crippen molar-refractivity contribution < 1.29 is 22.0 Å². The van der Waals surface area contributed by atoms with Gasteiger partial charge in [-0.15, -0.1) is 0 Å². The molecule has 0 aromatic heterocycles. The number of hydrogen-bond acceptors (Lipinski definition) is 1. The smallest absolute Gasteiger partial charge is 0.200 e. The predicted octanol–water partition coefficient (Wildman–Crippen LogP) is 3.59. The fourth-order valence-electron chi connectivity index (χ4n) is 1.96. The quantitative estimate of drug-likeness (QED) is 0.481. The van der Waals surface area contributed by atoms with Crippen LogP contribution in [-0.4, -0.2) is 6.04 Å². The van der Waals surface area contributed by atoms with Crippen LogP contribution in [0.15, 0.2) is 0 Å². The molecule has 0 amide bonds. The van der Waals surface area contributed by atoms with Crippen molar-refractivity contribution in [1.29, 1.82) is 0 Å². The lowest BCUT2D eigenvalue weighted by Gasteiger charge is -2.34. The number of rotatable bonds is 2. The van der Waals surface area contributed by atoms with Gasteiger partial charge in [-0.3, -0.25) is 0 Å². The van der Waals surface area contributed by atoms with E-state index >= 15 is 0 Å². The largest absolute Gasteiger partial charge is 0.377 e. The molecule has 0 unspecified atom stereocenters. The van der Waals surface area contributed by atoms with Gasteiger partial charge >= 0.3 is 0 Å². The van der Waals surface area contributed by atoms with Crippen LogP contribution in [0, 0.1) is 35.0 Å². The van der Waals surface area contributed by atoms with Gasteiger partial charge in [0.2, 0.25) is 5.82 Å². The van der Waals surface area contributed by atoms with Crippen LogP contribution in [0.3, 0.4) is 0 Å². The van der Waals surface area contributed by atoms with E-state index in [1.54, 1.807) is 0 Å². The van der Waals surface area contributed by atoms with Crippen LogP contribution in [0.4, 0.5) is 27.6 Å². The number of hydrogen-bond donors (Lipinski definition) is 1. The summed E-state index contributed by atoms with van der Waals surface area (Å²) in [6.07, 6.45) is 1.30. The zero-order chi connectivity index (χ0) is 12.7. The van der Waals surface area contributed by atoms with Crippen molar-refractivity contribution in [3.05, 3.63) is 29.1 Å². The Kier molecular flexibility index (Phi) is 2.97. The highest BCUT2D eigenvalue weighted by Crippen LogP contribution is 2.33. The summed E-state index contributed by atoms with van der Waals surface area (Å²) in [5.74, 6) is -9.18. The highest BCUT2D eigenvalue weighted by molar-refractivity contribution is 5.48. The van der Waals surface area contributed by atoms with Crippen LogP contribution < -0.4 is 5.32 Å². The van der Waals surface area contributed by atoms with Crippen molar-refractivity contribution in [2.45, 2.75) is 25.8 Å². The topological polar surface area (TPSA) is 12.0 Å². The molecule has 1 fully saturated rings. The Morgan fingerprint density at radius 3 is 1.65 bits per heavy atom. The molecule has 1 nitrogen and oxygen atoms in total. The summed E-state index contributed by atoms with van der Waals surface area (Å²) in [6, 6.07) is -0.238. The molecule has 1 saturated carbocycles. The molecule has 1 aliphatic carbocycles. The summed E-state index contributed by atoms with van der Waals surface area (Å²) in [7, 11) is 0. The zero-order valence-corrected chi connectivity index (χ0v) is 8.96. The first kappa shape index (κ1) is 12.1. The Labute approximate surface area is 94.6 Å². The van der Waals surface area contributed by atoms with Gasteiger partial charge in [-0.1, -0.05) is 6.92 Å². The Morgan fingerprint density at radius 1 is 0.824 bits per heavy atom. The minimum Gasteiger partial charge on any atom is -0.377 e. The first-order valence-corrected chi connectivity index (χ1v) is 5.19. The molecule has 17 heavy (non-hydrogen) atoms. The Morgan fingerprint density at radius 2 is 1.24 bits per heavy atom. The van der Waals surface area contributed by atoms with Gasteiger partial charge in [-0.2, -0.15) is 0 Å². The molecule has 0 heterocycles. The second kappa shape index (κ2) is 4.16. The lowest BCUT2D eigenvalue weighted by atomic mass is 9.82. The van der Waals surface area contributed by atoms with Crippen LogP contribution in [0.2, 0.25) is 0 Å². The van der Waals surface area contributed by atoms with Crippen molar-refractivity contribution in [2.24, 2.45) is 5.92 Å². The summed E-state index contributed by atoms with van der Waals surface area (Å²) in [5.41, 5.74) is -0.932. The average Bonchev–Trinajstić information content (AvgIpc) is 2.27. The molecular weight excluding hydrogens is 241 g/mol. The van der Waals surface area contributed by atoms with E-state index in [0.717, 1.165) is 0 Å². The third-order valence-corrected chi connectivity index (χ3v) is 2.93. The summed E-state index contributed by atoms with van der Waals surface area (Å²) in [4.78, 5) is 0. The van der Waals surface area contributed by atoms with Gasteiger partial charge in [-0.05, 0) is 18.8 Å². The zero-order valence-electron chi connectivity index (χ0n) is 8.96. The van der Waals surface area contributed by atoms with Gasteiger partial charge in [0.1, 0.15) is 5.69 Å². The van der Waals surface area contributed by atoms with E-state index in [0.29, 0.717) is 18.8 Å². The van der Waals surface area contributed by atoms with Gasteiger partial charge < -0.3 is 5.32 Å². The van der Waals surface area contributed by atoms with Crippen molar-refractivity contribution in [1.82, 2.24) is 0 Å². The van der Waals surface area contributed by atoms with Crippen LogP contribution in [0.1, 0.15) is 19.8 Å². The van der Waals surface area contributed by atoms with Crippen LogP contribution in [0.25, 0.3) is 0 Å². The van der Waals surface area contributed by atoms with Crippen molar-refractivity contribution in [3.63, 3.8) is 0 Å². The highest BCUT2D eigenvalue weighted by atomic mass is 19.2. The van der Waals surface area contributed by atoms with Gasteiger partial charge in [0.15, 0.2) is 23.3 Å². The van der Waals surface area contributed by atoms with E-state index < -0.39 is 34.8 Å². The van der Waals surface area contributed by atoms with Crippen LogP contribution in [0.5, 0.6) is 0 Å². The van der Waals surface area contributed by atoms with Crippen LogP contribution in [-0.2, 0) is 0 Å². The second-order valence-corrected chi connectivity index (χ2v) is 4.36. The van der Waals surface area contributed by atoms with Gasteiger partial charge in [-0.25, -0.2) is 22.0 Å². The Bertz CT molecular complexity index is 425. The molecule has 0 atom stereocenters. The van der Waals surface area contributed by atoms with E-state index in [-0.39, 0.29) is 6.04 Å². The lowest BCUT2D eigenvalue weighted by Crippen LogP contribution is -2.34. The third-order valence-electron chi connectivity index (χ3n) is 2.93. The molecule has 1 aromatic rings. The summed E-state index contributed by atoms with van der Waals surface area (Å²) < 4.78 is 64.9. The number of halogens is 5. The molecule has 2 rings (SSSR count). The molecule has 0 bridgehead atoms. The molecule has 1 aliphatic rings. The summed E-state index contributed by atoms with van der Waals surface area (Å²) in [6.45, 7) is 1.94. The molecule has 0 saturated heterocycles. The molecular formula is C11H10F5N. The summed E-state index contributed by atoms with van der Waals surface area (Å²) in [5, 5.41) is 2.36. The fraction of sp³-hybridized carbons (Fsp3) is 0.455. The molecule has 94 valence electrons. The van der Waals surface area contributed by atoms with Crippen molar-refractivity contribution in [3.8, 4) is 0 Å². The lowest BCUT2D eigenvalue weighted by molar-refractivity contribution is 0.305. The number of anilines is 1. The maximum Gasteiger partial charge on any atom is 0.200 e. The van der Waals surface area contributed by atoms with E-state index in [9.17, 15) is 22.0 Å².